The van der Waals surface area contributed by atoms with Gasteiger partial charge in [0.25, 0.3) is 0 Å². The maximum absolute atomic E-state index is 5.14. The number of rotatable bonds is 4. The normalized spacial score (nSPS) is 17.3. The van der Waals surface area contributed by atoms with E-state index < -0.39 is 0 Å². The van der Waals surface area contributed by atoms with Gasteiger partial charge in [-0.15, -0.1) is 0 Å². The first-order valence-corrected chi connectivity index (χ1v) is 19.3. The van der Waals surface area contributed by atoms with Gasteiger partial charge in [0.05, 0.1) is 16.9 Å². The summed E-state index contributed by atoms with van der Waals surface area (Å²) in [6.45, 7) is 2.49. The Morgan fingerprint density at radius 2 is 1.14 bits per heavy atom. The average molecular weight is 715 g/mol. The number of fused-ring (bicyclic) bond motifs is 6. The molecule has 262 valence electrons. The van der Waals surface area contributed by atoms with Gasteiger partial charge in [-0.05, 0) is 74.7 Å². The molecular weight excluding hydrogens is 681 g/mol. The molecule has 0 bridgehead atoms. The Kier molecular flexibility index (Phi) is 6.50. The minimum Gasteiger partial charge on any atom is -0.309 e. The Labute approximate surface area is 324 Å². The monoisotopic (exact) mass is 714 g/mol. The molecule has 0 radical (unpaired) electrons. The Morgan fingerprint density at radius 1 is 0.518 bits per heavy atom. The second-order valence-electron chi connectivity index (χ2n) is 15.3. The van der Waals surface area contributed by atoms with Crippen molar-refractivity contribution < 1.29 is 0 Å². The summed E-state index contributed by atoms with van der Waals surface area (Å²) in [7, 11) is 0. The van der Waals surface area contributed by atoms with Crippen LogP contribution in [0.4, 0.5) is 0 Å². The van der Waals surface area contributed by atoms with Crippen molar-refractivity contribution in [2.45, 2.75) is 18.3 Å². The van der Waals surface area contributed by atoms with E-state index in [2.05, 4.69) is 157 Å². The van der Waals surface area contributed by atoms with Crippen LogP contribution in [0.5, 0.6) is 0 Å². The Bertz CT molecular complexity index is 3100. The first-order chi connectivity index (χ1) is 27.7. The molecule has 2 unspecified atom stereocenters. The first-order valence-electron chi connectivity index (χ1n) is 19.3. The van der Waals surface area contributed by atoms with Crippen LogP contribution >= 0.6 is 0 Å². The largest absolute Gasteiger partial charge is 0.309 e. The molecular formula is C52H34N4. The summed E-state index contributed by atoms with van der Waals surface area (Å²) in [5.41, 5.74) is 15.6. The molecule has 12 rings (SSSR count). The van der Waals surface area contributed by atoms with Crippen molar-refractivity contribution in [3.05, 3.63) is 198 Å². The van der Waals surface area contributed by atoms with E-state index in [0.29, 0.717) is 17.5 Å². The van der Waals surface area contributed by atoms with Gasteiger partial charge >= 0.3 is 0 Å². The van der Waals surface area contributed by atoms with E-state index >= 15 is 0 Å². The summed E-state index contributed by atoms with van der Waals surface area (Å²) in [4.78, 5) is 15.2. The first kappa shape index (κ1) is 31.2. The zero-order valence-corrected chi connectivity index (χ0v) is 30.7. The van der Waals surface area contributed by atoms with E-state index in [-0.39, 0.29) is 11.3 Å². The Hall–Kier alpha value is -7.17. The van der Waals surface area contributed by atoms with E-state index in [0.717, 1.165) is 33.2 Å². The number of hydrogen-bond donors (Lipinski definition) is 0. The van der Waals surface area contributed by atoms with E-state index in [9.17, 15) is 0 Å². The number of aromatic nitrogens is 4. The van der Waals surface area contributed by atoms with Crippen molar-refractivity contribution in [1.82, 2.24) is 19.5 Å². The fraction of sp³-hybridized carbons (Fsp3) is 0.0577. The topological polar surface area (TPSA) is 43.6 Å². The number of benzene rings is 7. The summed E-state index contributed by atoms with van der Waals surface area (Å²) >= 11 is 0. The second-order valence-corrected chi connectivity index (χ2v) is 15.3. The Morgan fingerprint density at radius 3 is 1.91 bits per heavy atom. The molecule has 3 aliphatic carbocycles. The molecule has 0 saturated carbocycles. The van der Waals surface area contributed by atoms with Crippen molar-refractivity contribution in [3.63, 3.8) is 0 Å². The van der Waals surface area contributed by atoms with Crippen LogP contribution in [0, 0.1) is 0 Å². The lowest BCUT2D eigenvalue weighted by Gasteiger charge is -2.45. The molecule has 7 aromatic carbocycles. The van der Waals surface area contributed by atoms with Gasteiger partial charge in [0.15, 0.2) is 17.5 Å². The van der Waals surface area contributed by atoms with Gasteiger partial charge in [0.2, 0.25) is 0 Å². The maximum Gasteiger partial charge on any atom is 0.164 e. The lowest BCUT2D eigenvalue weighted by Crippen LogP contribution is -2.35. The van der Waals surface area contributed by atoms with Gasteiger partial charge in [-0.25, -0.2) is 15.0 Å². The molecule has 3 aliphatic rings. The number of hydrogen-bond acceptors (Lipinski definition) is 3. The van der Waals surface area contributed by atoms with Crippen LogP contribution in [0.2, 0.25) is 0 Å². The highest BCUT2D eigenvalue weighted by atomic mass is 15.0. The average Bonchev–Trinajstić information content (AvgIpc) is 3.57. The van der Waals surface area contributed by atoms with E-state index in [1.54, 1.807) is 0 Å². The number of allylic oxidation sites excluding steroid dienone is 2. The number of nitrogens with zero attached hydrogens (tertiary/aromatic N) is 4. The highest BCUT2D eigenvalue weighted by molar-refractivity contribution is 6.12. The Balaban J connectivity index is 1.13. The van der Waals surface area contributed by atoms with Crippen LogP contribution in [0.1, 0.15) is 40.8 Å². The molecule has 4 nitrogen and oxygen atoms in total. The molecule has 0 N–H and O–H groups in total. The smallest absolute Gasteiger partial charge is 0.164 e. The van der Waals surface area contributed by atoms with Crippen molar-refractivity contribution >= 4 is 39.4 Å². The SMILES string of the molecule is CC12C3=Cc4ccccc4C1C=Cc1c2c2c(cccc2n1-c1ccc(-c2nc(-c4ccccc4)nc(-c4ccccc4)n2)c2ccccc12)-c1ccccc13. The highest BCUT2D eigenvalue weighted by Crippen LogP contribution is 2.62. The molecule has 56 heavy (non-hydrogen) atoms. The highest BCUT2D eigenvalue weighted by Gasteiger charge is 2.50. The summed E-state index contributed by atoms with van der Waals surface area (Å²) in [5, 5.41) is 3.57. The summed E-state index contributed by atoms with van der Waals surface area (Å²) in [6, 6.07) is 58.4. The molecule has 2 heterocycles. The second kappa shape index (κ2) is 11.7. The van der Waals surface area contributed by atoms with Gasteiger partial charge in [0.1, 0.15) is 0 Å². The molecule has 0 spiro atoms. The van der Waals surface area contributed by atoms with Crippen LogP contribution < -0.4 is 0 Å². The lowest BCUT2D eigenvalue weighted by molar-refractivity contribution is 0.542. The van der Waals surface area contributed by atoms with Crippen molar-refractivity contribution in [2.75, 3.05) is 0 Å². The molecule has 0 amide bonds. The molecule has 4 heteroatoms. The predicted octanol–water partition coefficient (Wildman–Crippen LogP) is 12.6. The minimum atomic E-state index is -0.285. The molecule has 9 aromatic rings. The van der Waals surface area contributed by atoms with Crippen LogP contribution in [-0.2, 0) is 5.41 Å². The fourth-order valence-electron chi connectivity index (χ4n) is 9.92. The van der Waals surface area contributed by atoms with E-state index in [1.165, 1.54) is 55.6 Å². The summed E-state index contributed by atoms with van der Waals surface area (Å²) in [5.74, 6) is 2.16. The van der Waals surface area contributed by atoms with Crippen molar-refractivity contribution in [2.24, 2.45) is 0 Å². The predicted molar refractivity (Wildman–Crippen MR) is 229 cm³/mol. The van der Waals surface area contributed by atoms with Crippen LogP contribution in [0.15, 0.2) is 170 Å². The van der Waals surface area contributed by atoms with Crippen LogP contribution in [0.25, 0.3) is 90.4 Å². The summed E-state index contributed by atoms with van der Waals surface area (Å²) < 4.78 is 2.52. The zero-order valence-electron chi connectivity index (χ0n) is 30.7. The quantitative estimate of drug-likeness (QED) is 0.182. The molecule has 0 saturated heterocycles. The van der Waals surface area contributed by atoms with Crippen LogP contribution in [-0.4, -0.2) is 19.5 Å². The maximum atomic E-state index is 5.14. The third-order valence-corrected chi connectivity index (χ3v) is 12.4. The van der Waals surface area contributed by atoms with Crippen molar-refractivity contribution in [1.29, 1.82) is 0 Å². The van der Waals surface area contributed by atoms with Crippen molar-refractivity contribution in [3.8, 4) is 51.0 Å². The van der Waals surface area contributed by atoms with Gasteiger partial charge in [-0.2, -0.15) is 0 Å². The fourth-order valence-corrected chi connectivity index (χ4v) is 9.92. The molecule has 0 fully saturated rings. The van der Waals surface area contributed by atoms with E-state index in [4.69, 9.17) is 15.0 Å². The molecule has 0 aliphatic heterocycles. The minimum absolute atomic E-state index is 0.199. The zero-order chi connectivity index (χ0) is 37.0. The standard InChI is InChI=1S/C52H34N4/c1-52-42-28-30-46-48(52)47-40(36-21-10-12-23-38(36)43(52)31-34-19-8-9-20-35(34)42)25-14-26-45(47)56(46)44-29-27-41(37-22-11-13-24-39(37)44)51-54-49(32-15-4-2-5-16-32)53-50(55-51)33-17-6-3-7-18-33/h2-31,42H,1H3. The van der Waals surface area contributed by atoms with Gasteiger partial charge in [-0.1, -0.05) is 159 Å². The third kappa shape index (κ3) is 4.27. The van der Waals surface area contributed by atoms with Gasteiger partial charge < -0.3 is 4.57 Å². The van der Waals surface area contributed by atoms with Crippen LogP contribution in [0.3, 0.4) is 0 Å². The van der Waals surface area contributed by atoms with Gasteiger partial charge in [0, 0.05) is 38.8 Å². The molecule has 2 atom stereocenters. The summed E-state index contributed by atoms with van der Waals surface area (Å²) in [6.07, 6.45) is 7.33. The van der Waals surface area contributed by atoms with Gasteiger partial charge in [-0.3, -0.25) is 0 Å². The molecule has 2 aromatic heterocycles. The van der Waals surface area contributed by atoms with E-state index in [1.807, 2.05) is 36.4 Å². The lowest BCUT2D eigenvalue weighted by atomic mass is 9.58. The third-order valence-electron chi connectivity index (χ3n) is 12.4.